The minimum Gasteiger partial charge on any atom is -0.320 e. The number of amides is 2. The molecule has 3 aromatic carbocycles. The Kier molecular flexibility index (Phi) is 8.95. The van der Waals surface area contributed by atoms with E-state index >= 15 is 0 Å². The number of nitrogens with one attached hydrogen (secondary N) is 1. The van der Waals surface area contributed by atoms with Gasteiger partial charge in [-0.1, -0.05) is 17.7 Å². The van der Waals surface area contributed by atoms with Crippen LogP contribution in [0.15, 0.2) is 59.1 Å². The maximum absolute atomic E-state index is 14.5. The van der Waals surface area contributed by atoms with Gasteiger partial charge in [-0.15, -0.1) is 0 Å². The van der Waals surface area contributed by atoms with Gasteiger partial charge in [0.25, 0.3) is 11.8 Å². The lowest BCUT2D eigenvalue weighted by Crippen LogP contribution is -2.50. The van der Waals surface area contributed by atoms with Gasteiger partial charge < -0.3 is 10.2 Å². The summed E-state index contributed by atoms with van der Waals surface area (Å²) in [7, 11) is 1.22. The van der Waals surface area contributed by atoms with E-state index in [1.54, 1.807) is 5.32 Å². The van der Waals surface area contributed by atoms with E-state index in [4.69, 9.17) is 11.6 Å². The molecule has 0 heterocycles. The first-order chi connectivity index (χ1) is 19.1. The maximum atomic E-state index is 14.5. The second-order valence-corrected chi connectivity index (χ2v) is 9.79. The number of hydrogen-bond acceptors (Lipinski definition) is 2. The number of carbonyl (C=O) groups is 2. The van der Waals surface area contributed by atoms with Crippen LogP contribution in [0.5, 0.6) is 0 Å². The van der Waals surface area contributed by atoms with Crippen molar-refractivity contribution in [1.29, 1.82) is 0 Å². The van der Waals surface area contributed by atoms with E-state index in [9.17, 15) is 57.9 Å². The molecule has 3 rings (SSSR count). The van der Waals surface area contributed by atoms with Crippen molar-refractivity contribution in [3.05, 3.63) is 92.2 Å². The molecule has 1 N–H and O–H groups in total. The molecule has 2 amide bonds. The second-order valence-electron chi connectivity index (χ2n) is 8.53. The minimum atomic E-state index is -6.69. The van der Waals surface area contributed by atoms with Gasteiger partial charge in [-0.2, -0.15) is 39.5 Å². The predicted molar refractivity (Wildman–Crippen MR) is 133 cm³/mol. The number of hydrogen-bond donors (Lipinski definition) is 1. The van der Waals surface area contributed by atoms with E-state index in [1.165, 1.54) is 19.2 Å². The minimum absolute atomic E-state index is 0.0175. The average Bonchev–Trinajstić information content (AvgIpc) is 2.86. The summed E-state index contributed by atoms with van der Waals surface area (Å²) in [5.41, 5.74) is -12.7. The molecule has 42 heavy (non-hydrogen) atoms. The number of benzene rings is 3. The van der Waals surface area contributed by atoms with E-state index in [-0.39, 0.29) is 22.3 Å². The molecule has 0 aromatic heterocycles. The van der Waals surface area contributed by atoms with E-state index in [2.05, 4.69) is 15.9 Å². The van der Waals surface area contributed by atoms with E-state index in [1.807, 2.05) is 0 Å². The van der Waals surface area contributed by atoms with Crippen LogP contribution in [0.4, 0.5) is 59.7 Å². The van der Waals surface area contributed by atoms with Crippen molar-refractivity contribution in [3.63, 3.8) is 0 Å². The molecule has 3 aromatic rings. The first-order valence-corrected chi connectivity index (χ1v) is 12.1. The number of halogens is 13. The summed E-state index contributed by atoms with van der Waals surface area (Å²) in [6.45, 7) is 0. The van der Waals surface area contributed by atoms with Crippen LogP contribution in [-0.2, 0) is 11.8 Å². The molecule has 0 fully saturated rings. The van der Waals surface area contributed by atoms with Gasteiger partial charge in [0.2, 0.25) is 0 Å². The summed E-state index contributed by atoms with van der Waals surface area (Å²) in [5, 5.41) is 1.50. The Morgan fingerprint density at radius 2 is 1.45 bits per heavy atom. The Balaban J connectivity index is 2.03. The van der Waals surface area contributed by atoms with Crippen LogP contribution >= 0.6 is 27.5 Å². The third-order valence-corrected chi connectivity index (χ3v) is 6.71. The molecule has 0 aliphatic rings. The fraction of sp³-hybridized carbons (Fsp3) is 0.200. The highest BCUT2D eigenvalue weighted by molar-refractivity contribution is 9.10. The highest BCUT2D eigenvalue weighted by Gasteiger charge is 2.73. The fourth-order valence-electron chi connectivity index (χ4n) is 3.65. The summed E-state index contributed by atoms with van der Waals surface area (Å²) >= 11 is 8.29. The van der Waals surface area contributed by atoms with Gasteiger partial charge in [0, 0.05) is 28.3 Å². The fourth-order valence-corrected chi connectivity index (χ4v) is 4.45. The number of rotatable bonds is 5. The van der Waals surface area contributed by atoms with Crippen LogP contribution in [-0.4, -0.2) is 31.2 Å². The lowest BCUT2D eigenvalue weighted by molar-refractivity contribution is -0.348. The van der Waals surface area contributed by atoms with Crippen molar-refractivity contribution >= 4 is 50.7 Å². The predicted octanol–water partition coefficient (Wildman–Crippen LogP) is 9.08. The quantitative estimate of drug-likeness (QED) is 0.271. The Labute approximate surface area is 242 Å². The second kappa shape index (κ2) is 11.4. The molecule has 0 atom stereocenters. The normalized spacial score (nSPS) is 12.7. The van der Waals surface area contributed by atoms with Gasteiger partial charge in [-0.05, 0) is 64.5 Å². The molecule has 0 unspecified atom stereocenters. The lowest BCUT2D eigenvalue weighted by Gasteiger charge is -2.31. The van der Waals surface area contributed by atoms with Crippen LogP contribution < -0.4 is 10.2 Å². The van der Waals surface area contributed by atoms with Gasteiger partial charge >= 0.3 is 24.2 Å². The number of alkyl halides is 10. The summed E-state index contributed by atoms with van der Waals surface area (Å²) in [6, 6.07) is 6.60. The standard InChI is InChI=1S/C25H13BrClF11N2O2/c1-40(21(42)15-6-5-13(28)10-18(15)27)14-4-2-3-11(7-14)20(41)39-19-16(23(30,31)32)8-12(9-17(19)26)22(29,24(33,34)35)25(36,37)38/h2-10H,1H3,(H,39,41). The average molecular weight is 698 g/mol. The van der Waals surface area contributed by atoms with Crippen molar-refractivity contribution in [3.8, 4) is 0 Å². The highest BCUT2D eigenvalue weighted by atomic mass is 79.9. The molecular weight excluding hydrogens is 685 g/mol. The Morgan fingerprint density at radius 3 is 1.98 bits per heavy atom. The van der Waals surface area contributed by atoms with E-state index < -0.39 is 74.7 Å². The molecule has 0 aliphatic carbocycles. The third-order valence-electron chi connectivity index (χ3n) is 5.77. The van der Waals surface area contributed by atoms with Crippen molar-refractivity contribution in [2.24, 2.45) is 0 Å². The molecule has 0 saturated carbocycles. The largest absolute Gasteiger partial charge is 0.435 e. The Bertz CT molecular complexity index is 1520. The van der Waals surface area contributed by atoms with Crippen LogP contribution in [0.25, 0.3) is 0 Å². The molecule has 4 nitrogen and oxygen atoms in total. The van der Waals surface area contributed by atoms with Crippen LogP contribution in [0.3, 0.4) is 0 Å². The summed E-state index contributed by atoms with van der Waals surface area (Å²) in [6.07, 6.45) is -19.1. The SMILES string of the molecule is CN(C(=O)c1ccc(F)cc1Cl)c1cccc(C(=O)Nc2c(Br)cc(C(F)(C(F)(F)F)C(F)(F)F)cc2C(F)(F)F)c1. The van der Waals surface area contributed by atoms with Crippen LogP contribution in [0.2, 0.25) is 5.02 Å². The molecule has 0 bridgehead atoms. The van der Waals surface area contributed by atoms with E-state index in [0.717, 1.165) is 35.2 Å². The summed E-state index contributed by atoms with van der Waals surface area (Å²) in [4.78, 5) is 26.6. The molecule has 0 aliphatic heterocycles. The van der Waals surface area contributed by atoms with Gasteiger partial charge in [0.1, 0.15) is 5.82 Å². The molecular formula is C25H13BrClF11N2O2. The molecule has 226 valence electrons. The van der Waals surface area contributed by atoms with E-state index in [0.29, 0.717) is 0 Å². The van der Waals surface area contributed by atoms with Gasteiger partial charge in [-0.3, -0.25) is 9.59 Å². The van der Waals surface area contributed by atoms with Gasteiger partial charge in [0.15, 0.2) is 0 Å². The van der Waals surface area contributed by atoms with Crippen molar-refractivity contribution < 1.29 is 57.9 Å². The maximum Gasteiger partial charge on any atom is 0.435 e. The van der Waals surface area contributed by atoms with Crippen LogP contribution in [0.1, 0.15) is 31.8 Å². The Morgan fingerprint density at radius 1 is 0.857 bits per heavy atom. The van der Waals surface area contributed by atoms with Crippen LogP contribution in [0, 0.1) is 5.82 Å². The number of nitrogens with zero attached hydrogens (tertiary/aromatic N) is 1. The molecule has 0 saturated heterocycles. The summed E-state index contributed by atoms with van der Waals surface area (Å²) < 4.78 is 147. The van der Waals surface area contributed by atoms with Gasteiger partial charge in [0.05, 0.1) is 21.8 Å². The van der Waals surface area contributed by atoms with Crippen molar-refractivity contribution in [2.75, 3.05) is 17.3 Å². The molecule has 17 heteroatoms. The third kappa shape index (κ3) is 6.33. The lowest BCUT2D eigenvalue weighted by atomic mass is 9.92. The zero-order chi connectivity index (χ0) is 32.0. The molecule has 0 radical (unpaired) electrons. The Hall–Kier alpha value is -3.40. The first-order valence-electron chi connectivity index (χ1n) is 11.0. The van der Waals surface area contributed by atoms with Crippen molar-refractivity contribution in [2.45, 2.75) is 24.2 Å². The smallest absolute Gasteiger partial charge is 0.320 e. The highest BCUT2D eigenvalue weighted by Crippen LogP contribution is 2.55. The zero-order valence-electron chi connectivity index (χ0n) is 20.4. The number of carbonyl (C=O) groups excluding carboxylic acids is 2. The molecule has 0 spiro atoms. The number of anilines is 2. The first kappa shape index (κ1) is 33.1. The monoisotopic (exact) mass is 696 g/mol. The van der Waals surface area contributed by atoms with Crippen molar-refractivity contribution in [1.82, 2.24) is 0 Å². The topological polar surface area (TPSA) is 49.4 Å². The van der Waals surface area contributed by atoms with Gasteiger partial charge in [-0.25, -0.2) is 8.78 Å². The zero-order valence-corrected chi connectivity index (χ0v) is 22.7. The summed E-state index contributed by atoms with van der Waals surface area (Å²) in [5.74, 6) is -2.85.